The molecule has 106 valence electrons. The SMILES string of the molecule is CCN(Cc1ccc(Br)s1)C(=O)c1c(N)cccc1Cl. The van der Waals surface area contributed by atoms with Crippen LogP contribution in [-0.4, -0.2) is 17.4 Å². The van der Waals surface area contributed by atoms with Crippen LogP contribution in [-0.2, 0) is 6.54 Å². The van der Waals surface area contributed by atoms with E-state index in [-0.39, 0.29) is 5.91 Å². The van der Waals surface area contributed by atoms with Gasteiger partial charge in [-0.2, -0.15) is 0 Å². The highest BCUT2D eigenvalue weighted by Crippen LogP contribution is 2.27. The molecule has 0 aliphatic rings. The first-order chi connectivity index (χ1) is 9.52. The van der Waals surface area contributed by atoms with Crippen LogP contribution in [0.15, 0.2) is 34.1 Å². The molecule has 2 rings (SSSR count). The highest BCUT2D eigenvalue weighted by molar-refractivity contribution is 9.11. The number of nitrogen functional groups attached to an aromatic ring is 1. The van der Waals surface area contributed by atoms with Gasteiger partial charge in [0.15, 0.2) is 0 Å². The predicted molar refractivity (Wildman–Crippen MR) is 88.3 cm³/mol. The van der Waals surface area contributed by atoms with Crippen molar-refractivity contribution in [3.8, 4) is 0 Å². The lowest BCUT2D eigenvalue weighted by atomic mass is 10.1. The summed E-state index contributed by atoms with van der Waals surface area (Å²) in [4.78, 5) is 15.4. The van der Waals surface area contributed by atoms with Gasteiger partial charge < -0.3 is 10.6 Å². The Morgan fingerprint density at radius 1 is 1.40 bits per heavy atom. The molecule has 0 spiro atoms. The van der Waals surface area contributed by atoms with Gasteiger partial charge >= 0.3 is 0 Å². The first-order valence-electron chi connectivity index (χ1n) is 6.10. The lowest BCUT2D eigenvalue weighted by Gasteiger charge is -2.21. The van der Waals surface area contributed by atoms with Gasteiger partial charge in [-0.1, -0.05) is 17.7 Å². The van der Waals surface area contributed by atoms with Crippen LogP contribution < -0.4 is 5.73 Å². The second-order valence-electron chi connectivity index (χ2n) is 4.23. The number of benzene rings is 1. The summed E-state index contributed by atoms with van der Waals surface area (Å²) in [5.74, 6) is -0.139. The number of nitrogens with two attached hydrogens (primary N) is 1. The molecule has 0 aliphatic heterocycles. The summed E-state index contributed by atoms with van der Waals surface area (Å²) in [5.41, 5.74) is 6.67. The van der Waals surface area contributed by atoms with Gasteiger partial charge in [-0.05, 0) is 47.1 Å². The number of hydrogen-bond donors (Lipinski definition) is 1. The zero-order valence-electron chi connectivity index (χ0n) is 10.9. The maximum atomic E-state index is 12.6. The highest BCUT2D eigenvalue weighted by Gasteiger charge is 2.20. The summed E-state index contributed by atoms with van der Waals surface area (Å²) in [6.45, 7) is 3.09. The summed E-state index contributed by atoms with van der Waals surface area (Å²) >= 11 is 11.1. The quantitative estimate of drug-likeness (QED) is 0.807. The van der Waals surface area contributed by atoms with E-state index in [4.69, 9.17) is 17.3 Å². The molecule has 2 aromatic rings. The van der Waals surface area contributed by atoms with Crippen molar-refractivity contribution in [2.45, 2.75) is 13.5 Å². The third-order valence-electron chi connectivity index (χ3n) is 2.90. The number of halogens is 2. The first-order valence-corrected chi connectivity index (χ1v) is 8.09. The van der Waals surface area contributed by atoms with Crippen LogP contribution in [0.2, 0.25) is 5.02 Å². The zero-order chi connectivity index (χ0) is 14.7. The number of thiophene rings is 1. The zero-order valence-corrected chi connectivity index (χ0v) is 14.1. The molecule has 1 aromatic carbocycles. The molecular formula is C14H14BrClN2OS. The molecular weight excluding hydrogens is 360 g/mol. The fourth-order valence-corrected chi connectivity index (χ4v) is 3.64. The van der Waals surface area contributed by atoms with E-state index >= 15 is 0 Å². The monoisotopic (exact) mass is 372 g/mol. The molecule has 0 bridgehead atoms. The number of nitrogens with zero attached hydrogens (tertiary/aromatic N) is 1. The Hall–Kier alpha value is -1.04. The largest absolute Gasteiger partial charge is 0.398 e. The summed E-state index contributed by atoms with van der Waals surface area (Å²) < 4.78 is 1.05. The topological polar surface area (TPSA) is 46.3 Å². The third-order valence-corrected chi connectivity index (χ3v) is 4.83. The van der Waals surface area contributed by atoms with Crippen LogP contribution in [0.4, 0.5) is 5.69 Å². The molecule has 6 heteroatoms. The molecule has 20 heavy (non-hydrogen) atoms. The van der Waals surface area contributed by atoms with Crippen molar-refractivity contribution in [2.75, 3.05) is 12.3 Å². The lowest BCUT2D eigenvalue weighted by Crippen LogP contribution is -2.30. The first kappa shape index (κ1) is 15.4. The van der Waals surface area contributed by atoms with Crippen molar-refractivity contribution in [1.29, 1.82) is 0 Å². The van der Waals surface area contributed by atoms with Crippen molar-refractivity contribution in [3.05, 3.63) is 49.6 Å². The normalized spacial score (nSPS) is 10.6. The Morgan fingerprint density at radius 2 is 2.15 bits per heavy atom. The van der Waals surface area contributed by atoms with E-state index in [1.54, 1.807) is 34.4 Å². The van der Waals surface area contributed by atoms with E-state index in [0.717, 1.165) is 8.66 Å². The van der Waals surface area contributed by atoms with Crippen LogP contribution in [0.1, 0.15) is 22.2 Å². The number of carbonyl (C=O) groups excluding carboxylic acids is 1. The van der Waals surface area contributed by atoms with Gasteiger partial charge in [0.05, 0.1) is 20.9 Å². The number of anilines is 1. The van der Waals surface area contributed by atoms with Crippen molar-refractivity contribution in [3.63, 3.8) is 0 Å². The van der Waals surface area contributed by atoms with E-state index in [1.807, 2.05) is 19.1 Å². The number of amides is 1. The average Bonchev–Trinajstić information content (AvgIpc) is 2.81. The molecule has 1 amide bonds. The van der Waals surface area contributed by atoms with Gasteiger partial charge in [0, 0.05) is 17.1 Å². The van der Waals surface area contributed by atoms with Crippen LogP contribution in [0.5, 0.6) is 0 Å². The molecule has 0 atom stereocenters. The van der Waals surface area contributed by atoms with Gasteiger partial charge in [-0.25, -0.2) is 0 Å². The van der Waals surface area contributed by atoms with Crippen LogP contribution in [0.3, 0.4) is 0 Å². The standard InChI is InChI=1S/C14H14BrClN2OS/c1-2-18(8-9-6-7-12(15)20-9)14(19)13-10(16)4-3-5-11(13)17/h3-7H,2,8,17H2,1H3. The van der Waals surface area contributed by atoms with E-state index in [1.165, 1.54) is 0 Å². The molecule has 1 heterocycles. The van der Waals surface area contributed by atoms with Crippen molar-refractivity contribution >= 4 is 50.5 Å². The van der Waals surface area contributed by atoms with Crippen molar-refractivity contribution < 1.29 is 4.79 Å². The minimum Gasteiger partial charge on any atom is -0.398 e. The third kappa shape index (κ3) is 3.34. The second kappa shape index (κ2) is 6.61. The Kier molecular flexibility index (Phi) is 5.07. The summed E-state index contributed by atoms with van der Waals surface area (Å²) in [5, 5.41) is 0.390. The smallest absolute Gasteiger partial charge is 0.257 e. The van der Waals surface area contributed by atoms with E-state index < -0.39 is 0 Å². The molecule has 3 nitrogen and oxygen atoms in total. The molecule has 0 radical (unpaired) electrons. The Bertz CT molecular complexity index is 609. The molecule has 2 N–H and O–H groups in total. The Morgan fingerprint density at radius 3 is 2.70 bits per heavy atom. The molecule has 0 aliphatic carbocycles. The Balaban J connectivity index is 2.25. The maximum Gasteiger partial charge on any atom is 0.257 e. The van der Waals surface area contributed by atoms with Crippen LogP contribution >= 0.6 is 38.9 Å². The lowest BCUT2D eigenvalue weighted by molar-refractivity contribution is 0.0755. The fraction of sp³-hybridized carbons (Fsp3) is 0.214. The van der Waals surface area contributed by atoms with Gasteiger partial charge in [0.1, 0.15) is 0 Å². The Labute approximate surface area is 135 Å². The van der Waals surface area contributed by atoms with Gasteiger partial charge in [-0.15, -0.1) is 11.3 Å². The molecule has 0 saturated heterocycles. The van der Waals surface area contributed by atoms with E-state index in [0.29, 0.717) is 29.4 Å². The van der Waals surface area contributed by atoms with E-state index in [2.05, 4.69) is 15.9 Å². The van der Waals surface area contributed by atoms with E-state index in [9.17, 15) is 4.79 Å². The predicted octanol–water partition coefficient (Wildman–Crippen LogP) is 4.41. The minimum atomic E-state index is -0.139. The number of hydrogen-bond acceptors (Lipinski definition) is 3. The van der Waals surface area contributed by atoms with Crippen molar-refractivity contribution in [1.82, 2.24) is 4.90 Å². The van der Waals surface area contributed by atoms with Gasteiger partial charge in [0.25, 0.3) is 5.91 Å². The van der Waals surface area contributed by atoms with Crippen LogP contribution in [0, 0.1) is 0 Å². The summed E-state index contributed by atoms with van der Waals surface area (Å²) in [7, 11) is 0. The minimum absolute atomic E-state index is 0.139. The average molecular weight is 374 g/mol. The molecule has 0 saturated carbocycles. The molecule has 0 unspecified atom stereocenters. The van der Waals surface area contributed by atoms with Crippen LogP contribution in [0.25, 0.3) is 0 Å². The van der Waals surface area contributed by atoms with Crippen molar-refractivity contribution in [2.24, 2.45) is 0 Å². The number of carbonyl (C=O) groups is 1. The summed E-state index contributed by atoms with van der Waals surface area (Å²) in [6.07, 6.45) is 0. The number of rotatable bonds is 4. The maximum absolute atomic E-state index is 12.6. The highest BCUT2D eigenvalue weighted by atomic mass is 79.9. The van der Waals surface area contributed by atoms with Gasteiger partial charge in [0.2, 0.25) is 0 Å². The summed E-state index contributed by atoms with van der Waals surface area (Å²) in [6, 6.07) is 9.08. The molecule has 1 aromatic heterocycles. The second-order valence-corrected chi connectivity index (χ2v) is 7.18. The fourth-order valence-electron chi connectivity index (χ4n) is 1.88. The molecule has 0 fully saturated rings. The van der Waals surface area contributed by atoms with Gasteiger partial charge in [-0.3, -0.25) is 4.79 Å².